The van der Waals surface area contributed by atoms with Gasteiger partial charge in [0.2, 0.25) is 5.75 Å². The molecule has 0 aliphatic carbocycles. The monoisotopic (exact) mass is 366 g/mol. The number of rotatable bonds is 7. The molecule has 0 radical (unpaired) electrons. The molecule has 1 aliphatic rings. The molecular formula is C20H32NO5+. The third kappa shape index (κ3) is 4.61. The van der Waals surface area contributed by atoms with Crippen LogP contribution in [0.4, 0.5) is 0 Å². The van der Waals surface area contributed by atoms with Gasteiger partial charge in [-0.05, 0) is 52.2 Å². The van der Waals surface area contributed by atoms with E-state index in [4.69, 9.17) is 18.9 Å². The van der Waals surface area contributed by atoms with Gasteiger partial charge < -0.3 is 23.8 Å². The van der Waals surface area contributed by atoms with Crippen molar-refractivity contribution in [1.29, 1.82) is 0 Å². The second kappa shape index (κ2) is 9.12. The summed E-state index contributed by atoms with van der Waals surface area (Å²) in [5.41, 5.74) is 0.390. The molecule has 0 aromatic heterocycles. The molecule has 1 N–H and O–H groups in total. The van der Waals surface area contributed by atoms with Gasteiger partial charge in [0, 0.05) is 0 Å². The quantitative estimate of drug-likeness (QED) is 0.749. The van der Waals surface area contributed by atoms with Gasteiger partial charge in [0.1, 0.15) is 12.6 Å². The highest BCUT2D eigenvalue weighted by atomic mass is 16.5. The van der Waals surface area contributed by atoms with Gasteiger partial charge in [-0.25, -0.2) is 4.79 Å². The first-order chi connectivity index (χ1) is 12.4. The van der Waals surface area contributed by atoms with Gasteiger partial charge in [-0.15, -0.1) is 0 Å². The lowest BCUT2D eigenvalue weighted by Crippen LogP contribution is -3.20. The molecule has 2 rings (SSSR count). The Labute approximate surface area is 156 Å². The van der Waals surface area contributed by atoms with E-state index >= 15 is 0 Å². The Morgan fingerprint density at radius 2 is 1.62 bits per heavy atom. The highest BCUT2D eigenvalue weighted by Gasteiger charge is 2.31. The number of piperidine rings is 1. The summed E-state index contributed by atoms with van der Waals surface area (Å²) in [5, 5.41) is 0. The minimum Gasteiger partial charge on any atom is -0.493 e. The summed E-state index contributed by atoms with van der Waals surface area (Å²) in [7, 11) is 4.58. The Hall–Kier alpha value is -1.95. The first-order valence-electron chi connectivity index (χ1n) is 9.27. The molecule has 0 bridgehead atoms. The number of quaternary nitrogens is 1. The average Bonchev–Trinajstić information content (AvgIpc) is 2.63. The number of hydrogen-bond acceptors (Lipinski definition) is 5. The molecular weight excluding hydrogens is 334 g/mol. The summed E-state index contributed by atoms with van der Waals surface area (Å²) < 4.78 is 21.6. The molecule has 0 spiro atoms. The van der Waals surface area contributed by atoms with Crippen LogP contribution in [0.5, 0.6) is 17.2 Å². The summed E-state index contributed by atoms with van der Waals surface area (Å²) in [6, 6.07) is 4.44. The number of carbonyl (C=O) groups is 1. The van der Waals surface area contributed by atoms with Gasteiger partial charge in [0.25, 0.3) is 0 Å². The predicted octanol–water partition coefficient (Wildman–Crippen LogP) is 2.10. The lowest BCUT2D eigenvalue weighted by atomic mass is 9.97. The molecule has 1 unspecified atom stereocenters. The van der Waals surface area contributed by atoms with Crippen molar-refractivity contribution in [3.63, 3.8) is 0 Å². The minimum atomic E-state index is -0.381. The van der Waals surface area contributed by atoms with Crippen molar-refractivity contribution < 1.29 is 28.6 Å². The van der Waals surface area contributed by atoms with Crippen molar-refractivity contribution in [2.24, 2.45) is 0 Å². The van der Waals surface area contributed by atoms with Crippen LogP contribution in [0.2, 0.25) is 0 Å². The molecule has 26 heavy (non-hydrogen) atoms. The summed E-state index contributed by atoms with van der Waals surface area (Å²) in [4.78, 5) is 14.1. The first-order valence-corrected chi connectivity index (χ1v) is 9.27. The van der Waals surface area contributed by atoms with Gasteiger partial charge in [0.15, 0.2) is 11.5 Å². The number of carbonyl (C=O) groups excluding carboxylic acids is 1. The molecule has 1 aromatic carbocycles. The number of likely N-dealkylation sites (tertiary alicyclic amines) is 1. The maximum Gasteiger partial charge on any atom is 0.338 e. The van der Waals surface area contributed by atoms with E-state index in [2.05, 4.69) is 13.8 Å². The molecule has 1 saturated heterocycles. The van der Waals surface area contributed by atoms with Gasteiger partial charge in [-0.3, -0.25) is 0 Å². The van der Waals surface area contributed by atoms with E-state index < -0.39 is 0 Å². The molecule has 6 heteroatoms. The highest BCUT2D eigenvalue weighted by Crippen LogP contribution is 2.38. The van der Waals surface area contributed by atoms with Crippen LogP contribution in [0.25, 0.3) is 0 Å². The summed E-state index contributed by atoms with van der Waals surface area (Å²) in [6.07, 6.45) is 3.57. The van der Waals surface area contributed by atoms with Crippen LogP contribution >= 0.6 is 0 Å². The highest BCUT2D eigenvalue weighted by molar-refractivity contribution is 5.91. The zero-order valence-electron chi connectivity index (χ0n) is 16.8. The van der Waals surface area contributed by atoms with Gasteiger partial charge >= 0.3 is 5.97 Å². The third-order valence-electron chi connectivity index (χ3n) is 5.27. The van der Waals surface area contributed by atoms with Crippen LogP contribution in [0.3, 0.4) is 0 Å². The fourth-order valence-corrected chi connectivity index (χ4v) is 3.81. The zero-order chi connectivity index (χ0) is 19.3. The first kappa shape index (κ1) is 20.4. The Morgan fingerprint density at radius 3 is 2.08 bits per heavy atom. The van der Waals surface area contributed by atoms with Crippen LogP contribution < -0.4 is 19.1 Å². The topological polar surface area (TPSA) is 58.4 Å². The number of benzene rings is 1. The molecule has 1 aliphatic heterocycles. The van der Waals surface area contributed by atoms with Crippen molar-refractivity contribution in [1.82, 2.24) is 0 Å². The Balaban J connectivity index is 2.09. The number of ether oxygens (including phenoxy) is 4. The Bertz CT molecular complexity index is 583. The van der Waals surface area contributed by atoms with E-state index in [9.17, 15) is 4.79 Å². The largest absolute Gasteiger partial charge is 0.493 e. The van der Waals surface area contributed by atoms with Crippen molar-refractivity contribution in [3.8, 4) is 17.2 Å². The van der Waals surface area contributed by atoms with Crippen LogP contribution in [0.1, 0.15) is 50.4 Å². The minimum absolute atomic E-state index is 0.167. The van der Waals surface area contributed by atoms with Crippen molar-refractivity contribution in [2.45, 2.75) is 58.2 Å². The molecule has 4 atom stereocenters. The van der Waals surface area contributed by atoms with Gasteiger partial charge in [-0.1, -0.05) is 0 Å². The molecule has 1 aromatic rings. The number of hydrogen-bond donors (Lipinski definition) is 1. The number of esters is 1. The maximum absolute atomic E-state index is 12.6. The molecule has 1 heterocycles. The third-order valence-corrected chi connectivity index (χ3v) is 5.27. The van der Waals surface area contributed by atoms with Crippen LogP contribution in [0.15, 0.2) is 12.1 Å². The van der Waals surface area contributed by atoms with Crippen molar-refractivity contribution in [2.75, 3.05) is 27.9 Å². The Morgan fingerprint density at radius 1 is 1.08 bits per heavy atom. The van der Waals surface area contributed by atoms with E-state index in [1.54, 1.807) is 12.1 Å². The van der Waals surface area contributed by atoms with Crippen LogP contribution in [0, 0.1) is 0 Å². The Kier molecular flexibility index (Phi) is 7.14. The number of nitrogens with one attached hydrogen (secondary N) is 1. The maximum atomic E-state index is 12.6. The predicted molar refractivity (Wildman–Crippen MR) is 99.6 cm³/mol. The van der Waals surface area contributed by atoms with E-state index in [1.807, 2.05) is 6.92 Å². The summed E-state index contributed by atoms with van der Waals surface area (Å²) in [6.45, 7) is 7.33. The smallest absolute Gasteiger partial charge is 0.338 e. The molecule has 0 amide bonds. The zero-order valence-corrected chi connectivity index (χ0v) is 16.8. The molecule has 1 fully saturated rings. The van der Waals surface area contributed by atoms with Crippen LogP contribution in [-0.2, 0) is 4.74 Å². The van der Waals surface area contributed by atoms with Gasteiger partial charge in [-0.2, -0.15) is 0 Å². The SMILES string of the molecule is COc1cc(C(=O)O[C@H](C)C[NH+]2[C@H](C)CCC[C@@H]2C)cc(OC)c1OC. The van der Waals surface area contributed by atoms with Gasteiger partial charge in [0.05, 0.1) is 39.0 Å². The van der Waals surface area contributed by atoms with E-state index in [0.29, 0.717) is 34.9 Å². The van der Waals surface area contributed by atoms with Crippen LogP contribution in [-0.4, -0.2) is 52.0 Å². The van der Waals surface area contributed by atoms with E-state index in [1.165, 1.54) is 45.5 Å². The average molecular weight is 366 g/mol. The van der Waals surface area contributed by atoms with E-state index in [0.717, 1.165) is 6.54 Å². The second-order valence-corrected chi connectivity index (χ2v) is 7.14. The molecule has 6 nitrogen and oxygen atoms in total. The number of methoxy groups -OCH3 is 3. The molecule has 146 valence electrons. The van der Waals surface area contributed by atoms with Crippen molar-refractivity contribution >= 4 is 5.97 Å². The lowest BCUT2D eigenvalue weighted by molar-refractivity contribution is -0.953. The second-order valence-electron chi connectivity index (χ2n) is 7.14. The fraction of sp³-hybridized carbons (Fsp3) is 0.650. The normalized spacial score (nSPS) is 23.8. The fourth-order valence-electron chi connectivity index (χ4n) is 3.81. The van der Waals surface area contributed by atoms with Crippen molar-refractivity contribution in [3.05, 3.63) is 17.7 Å². The molecule has 0 saturated carbocycles. The summed E-state index contributed by atoms with van der Waals surface area (Å²) >= 11 is 0. The standard InChI is InChI=1S/C20H31NO5/c1-13-8-7-9-14(2)21(13)12-15(3)26-20(22)16-10-17(23-4)19(25-6)18(11-16)24-5/h10-11,13-15H,7-9,12H2,1-6H3/p+1/t13-,14+,15-/m1/s1. The summed E-state index contributed by atoms with van der Waals surface area (Å²) in [5.74, 6) is 0.958. The van der Waals surface area contributed by atoms with E-state index in [-0.39, 0.29) is 12.1 Å². The lowest BCUT2D eigenvalue weighted by Gasteiger charge is -2.37.